The lowest BCUT2D eigenvalue weighted by molar-refractivity contribution is -0.151. The van der Waals surface area contributed by atoms with Gasteiger partial charge in [0, 0.05) is 7.11 Å². The molecule has 0 atom stereocenters. The van der Waals surface area contributed by atoms with Crippen LogP contribution >= 0.6 is 11.8 Å². The topological polar surface area (TPSA) is 47.9 Å². The lowest BCUT2D eigenvalue weighted by Gasteiger charge is -2.37. The van der Waals surface area contributed by atoms with E-state index in [-0.39, 0.29) is 12.1 Å². The van der Waals surface area contributed by atoms with Gasteiger partial charge in [-0.05, 0) is 44.9 Å². The lowest BCUT2D eigenvalue weighted by Crippen LogP contribution is -2.44. The van der Waals surface area contributed by atoms with Gasteiger partial charge in [0.05, 0.1) is 24.0 Å². The minimum atomic E-state index is -0.686. The number of allylic oxidation sites excluding steroid dienone is 2. The van der Waals surface area contributed by atoms with Gasteiger partial charge in [0.15, 0.2) is 0 Å². The first-order chi connectivity index (χ1) is 10.0. The van der Waals surface area contributed by atoms with Gasteiger partial charge in [-0.2, -0.15) is 0 Å². The number of esters is 1. The molecule has 0 spiro atoms. The van der Waals surface area contributed by atoms with Crippen LogP contribution in [0.4, 0.5) is 0 Å². The van der Waals surface area contributed by atoms with E-state index in [1.54, 1.807) is 7.11 Å². The molecule has 0 aliphatic heterocycles. The molecule has 5 heteroatoms. The second-order valence-corrected chi connectivity index (χ2v) is 5.98. The van der Waals surface area contributed by atoms with E-state index in [0.29, 0.717) is 17.9 Å². The highest BCUT2D eigenvalue weighted by Gasteiger charge is 2.46. The fourth-order valence-corrected chi connectivity index (χ4v) is 2.91. The zero-order chi connectivity index (χ0) is 15.9. The van der Waals surface area contributed by atoms with Crippen molar-refractivity contribution in [2.75, 3.05) is 20.5 Å². The third-order valence-corrected chi connectivity index (χ3v) is 4.55. The lowest BCUT2D eigenvalue weighted by atomic mass is 9.69. The molecule has 1 rings (SSSR count). The van der Waals surface area contributed by atoms with Gasteiger partial charge in [-0.1, -0.05) is 12.7 Å². The highest BCUT2D eigenvalue weighted by Crippen LogP contribution is 2.41. The molecule has 21 heavy (non-hydrogen) atoms. The van der Waals surface area contributed by atoms with Gasteiger partial charge in [-0.3, -0.25) is 4.79 Å². The second-order valence-electron chi connectivity index (χ2n) is 5.10. The third-order valence-electron chi connectivity index (χ3n) is 3.99. The van der Waals surface area contributed by atoms with Crippen LogP contribution in [0.25, 0.3) is 0 Å². The Morgan fingerprint density at radius 1 is 1.38 bits per heavy atom. The zero-order valence-corrected chi connectivity index (χ0v) is 14.2. The normalized spacial score (nSPS) is 26.9. The Kier molecular flexibility index (Phi) is 7.18. The Balaban J connectivity index is 3.19. The Morgan fingerprint density at radius 3 is 2.43 bits per heavy atom. The Bertz CT molecular complexity index is 435. The number of rotatable bonds is 6. The summed E-state index contributed by atoms with van der Waals surface area (Å²) in [6, 6.07) is 0. The minimum Gasteiger partial charge on any atom is -0.468 e. The first kappa shape index (κ1) is 18.0. The molecule has 1 fully saturated rings. The first-order valence-electron chi connectivity index (χ1n) is 7.10. The maximum Gasteiger partial charge on any atom is 0.317 e. The highest BCUT2D eigenvalue weighted by molar-refractivity contribution is 8.02. The maximum absolute atomic E-state index is 12.5. The molecule has 0 bridgehead atoms. The van der Waals surface area contributed by atoms with E-state index >= 15 is 0 Å². The van der Waals surface area contributed by atoms with E-state index in [9.17, 15) is 4.79 Å². The summed E-state index contributed by atoms with van der Waals surface area (Å²) in [4.78, 5) is 17.0. The van der Waals surface area contributed by atoms with Crippen molar-refractivity contribution in [2.24, 2.45) is 10.4 Å². The SMILES string of the molecule is C=C(/N=C(\C=C/C)C1(C(=O)OC)CCC(OC)CC1)SC. The largest absolute Gasteiger partial charge is 0.468 e. The Morgan fingerprint density at radius 2 is 2.00 bits per heavy atom. The summed E-state index contributed by atoms with van der Waals surface area (Å²) in [5, 5.41) is 0.695. The van der Waals surface area contributed by atoms with Crippen molar-refractivity contribution in [2.45, 2.75) is 38.7 Å². The van der Waals surface area contributed by atoms with E-state index in [1.807, 2.05) is 25.3 Å². The summed E-state index contributed by atoms with van der Waals surface area (Å²) in [6.45, 7) is 5.82. The molecule has 0 aromatic rings. The number of methoxy groups -OCH3 is 2. The van der Waals surface area contributed by atoms with E-state index < -0.39 is 5.41 Å². The molecular weight excluding hydrogens is 286 g/mol. The zero-order valence-electron chi connectivity index (χ0n) is 13.3. The predicted octanol–water partition coefficient (Wildman–Crippen LogP) is 3.59. The molecular formula is C16H25NO3S. The fourth-order valence-electron chi connectivity index (χ4n) is 2.72. The van der Waals surface area contributed by atoms with Gasteiger partial charge >= 0.3 is 5.97 Å². The van der Waals surface area contributed by atoms with Crippen LogP contribution in [0.15, 0.2) is 28.8 Å². The molecule has 0 aromatic heterocycles. The van der Waals surface area contributed by atoms with Crippen LogP contribution < -0.4 is 0 Å². The van der Waals surface area contributed by atoms with Crippen molar-refractivity contribution in [1.29, 1.82) is 0 Å². The molecule has 1 saturated carbocycles. The minimum absolute atomic E-state index is 0.207. The van der Waals surface area contributed by atoms with Gasteiger partial charge in [0.2, 0.25) is 0 Å². The Hall–Kier alpha value is -1.07. The highest BCUT2D eigenvalue weighted by atomic mass is 32.2. The summed E-state index contributed by atoms with van der Waals surface area (Å²) in [5.74, 6) is -0.220. The molecule has 4 nitrogen and oxygen atoms in total. The molecule has 0 aromatic carbocycles. The fraction of sp³-hybridized carbons (Fsp3) is 0.625. The number of nitrogens with zero attached hydrogens (tertiary/aromatic N) is 1. The van der Waals surface area contributed by atoms with Gasteiger partial charge in [0.25, 0.3) is 0 Å². The Labute approximate surface area is 131 Å². The van der Waals surface area contributed by atoms with Crippen molar-refractivity contribution in [3.8, 4) is 0 Å². The molecule has 118 valence electrons. The standard InChI is InChI=1S/C16H25NO3S/c1-6-7-14(17-12(2)21-5)16(15(18)20-4)10-8-13(19-3)9-11-16/h6-7,13H,2,8-11H2,1,3-5H3/b7-6-,17-14+. The molecule has 0 saturated heterocycles. The van der Waals surface area contributed by atoms with Gasteiger partial charge in [-0.15, -0.1) is 11.8 Å². The monoisotopic (exact) mass is 311 g/mol. The average molecular weight is 311 g/mol. The number of carbonyl (C=O) groups excluding carboxylic acids is 1. The average Bonchev–Trinajstić information content (AvgIpc) is 2.53. The molecule has 0 unspecified atom stereocenters. The van der Waals surface area contributed by atoms with E-state index in [1.165, 1.54) is 18.9 Å². The van der Waals surface area contributed by atoms with Crippen LogP contribution in [0, 0.1) is 5.41 Å². The van der Waals surface area contributed by atoms with Gasteiger partial charge < -0.3 is 9.47 Å². The van der Waals surface area contributed by atoms with Crippen molar-refractivity contribution in [3.05, 3.63) is 23.8 Å². The number of aliphatic imine (C=N–C) groups is 1. The first-order valence-corrected chi connectivity index (χ1v) is 8.32. The van der Waals surface area contributed by atoms with Crippen molar-refractivity contribution in [3.63, 3.8) is 0 Å². The molecule has 1 aliphatic rings. The van der Waals surface area contributed by atoms with Crippen LogP contribution in [-0.4, -0.2) is 38.3 Å². The van der Waals surface area contributed by atoms with E-state index in [4.69, 9.17) is 9.47 Å². The van der Waals surface area contributed by atoms with Gasteiger partial charge in [-0.25, -0.2) is 4.99 Å². The number of ether oxygens (including phenoxy) is 2. The van der Waals surface area contributed by atoms with E-state index in [2.05, 4.69) is 11.6 Å². The maximum atomic E-state index is 12.5. The van der Waals surface area contributed by atoms with Crippen LogP contribution in [0.1, 0.15) is 32.6 Å². The molecule has 1 aliphatic carbocycles. The number of hydrogen-bond acceptors (Lipinski definition) is 5. The summed E-state index contributed by atoms with van der Waals surface area (Å²) < 4.78 is 10.5. The second kappa shape index (κ2) is 8.39. The summed E-state index contributed by atoms with van der Waals surface area (Å²) >= 11 is 1.47. The summed E-state index contributed by atoms with van der Waals surface area (Å²) in [5.41, 5.74) is 0.0559. The molecule has 0 amide bonds. The summed E-state index contributed by atoms with van der Waals surface area (Å²) in [6.07, 6.45) is 8.95. The van der Waals surface area contributed by atoms with Crippen molar-refractivity contribution in [1.82, 2.24) is 0 Å². The van der Waals surface area contributed by atoms with Crippen LogP contribution in [0.5, 0.6) is 0 Å². The molecule has 0 N–H and O–H groups in total. The van der Waals surface area contributed by atoms with E-state index in [0.717, 1.165) is 18.6 Å². The quantitative estimate of drug-likeness (QED) is 0.555. The van der Waals surface area contributed by atoms with Crippen LogP contribution in [0.2, 0.25) is 0 Å². The third kappa shape index (κ3) is 4.20. The number of thioether (sulfide) groups is 1. The number of carbonyl (C=O) groups is 1. The van der Waals surface area contributed by atoms with Crippen molar-refractivity contribution < 1.29 is 14.3 Å². The number of hydrogen-bond donors (Lipinski definition) is 0. The molecule has 0 radical (unpaired) electrons. The van der Waals surface area contributed by atoms with Gasteiger partial charge in [0.1, 0.15) is 5.41 Å². The summed E-state index contributed by atoms with van der Waals surface area (Å²) in [7, 11) is 3.15. The smallest absolute Gasteiger partial charge is 0.317 e. The molecule has 0 heterocycles. The van der Waals surface area contributed by atoms with Crippen molar-refractivity contribution >= 4 is 23.4 Å². The predicted molar refractivity (Wildman–Crippen MR) is 88.6 cm³/mol. The van der Waals surface area contributed by atoms with Crippen LogP contribution in [-0.2, 0) is 14.3 Å². The van der Waals surface area contributed by atoms with Crippen LogP contribution in [0.3, 0.4) is 0 Å².